The highest BCUT2D eigenvalue weighted by Gasteiger charge is 2.19. The minimum absolute atomic E-state index is 0.189. The molecule has 80 valence electrons. The van der Waals surface area contributed by atoms with E-state index in [0.717, 1.165) is 13.1 Å². The zero-order valence-electron chi connectivity index (χ0n) is 9.21. The average Bonchev–Trinajstić information content (AvgIpc) is 2.12. The molecule has 1 heterocycles. The molecule has 1 aliphatic heterocycles. The molecule has 0 aliphatic carbocycles. The van der Waals surface area contributed by atoms with Gasteiger partial charge in [-0.05, 0) is 13.6 Å². The van der Waals surface area contributed by atoms with Crippen LogP contribution in [0.25, 0.3) is 0 Å². The van der Waals surface area contributed by atoms with Gasteiger partial charge in [-0.3, -0.25) is 0 Å². The van der Waals surface area contributed by atoms with Crippen molar-refractivity contribution >= 4 is 12.7 Å². The molecule has 0 aromatic carbocycles. The quantitative estimate of drug-likeness (QED) is 0.539. The summed E-state index contributed by atoms with van der Waals surface area (Å²) >= 11 is 0. The molecule has 0 aromatic heterocycles. The van der Waals surface area contributed by atoms with E-state index < -0.39 is 0 Å². The van der Waals surface area contributed by atoms with Crippen molar-refractivity contribution in [2.45, 2.75) is 26.9 Å². The maximum atomic E-state index is 5.34. The van der Waals surface area contributed by atoms with Gasteiger partial charge in [0.25, 0.3) is 0 Å². The van der Waals surface area contributed by atoms with E-state index in [1.807, 2.05) is 13.8 Å². The van der Waals surface area contributed by atoms with Gasteiger partial charge in [-0.25, -0.2) is 9.98 Å². The lowest BCUT2D eigenvalue weighted by Crippen LogP contribution is -2.49. The summed E-state index contributed by atoms with van der Waals surface area (Å²) in [6, 6.07) is 0.314. The lowest BCUT2D eigenvalue weighted by molar-refractivity contribution is 0.128. The number of ether oxygens (including phenoxy) is 1. The van der Waals surface area contributed by atoms with Crippen molar-refractivity contribution in [1.82, 2.24) is 5.32 Å². The van der Waals surface area contributed by atoms with E-state index in [1.54, 1.807) is 6.92 Å². The molecule has 1 rings (SSSR count). The van der Waals surface area contributed by atoms with Crippen molar-refractivity contribution in [3.63, 3.8) is 0 Å². The van der Waals surface area contributed by atoms with Crippen LogP contribution in [0.4, 0.5) is 0 Å². The summed E-state index contributed by atoms with van der Waals surface area (Å²) in [4.78, 5) is 7.60. The minimum Gasteiger partial charge on any atom is -0.457 e. The van der Waals surface area contributed by atoms with Gasteiger partial charge in [0.2, 0.25) is 0 Å². The number of aliphatic imine (C=N–C) groups is 2. The molecular formula is C10H19N3O. The van der Waals surface area contributed by atoms with E-state index in [1.165, 1.54) is 0 Å². The van der Waals surface area contributed by atoms with Crippen LogP contribution in [0.5, 0.6) is 0 Å². The minimum atomic E-state index is 0.189. The Morgan fingerprint density at radius 3 is 2.29 bits per heavy atom. The Kier molecular flexibility index (Phi) is 6.66. The average molecular weight is 197 g/mol. The van der Waals surface area contributed by atoms with Crippen molar-refractivity contribution in [2.75, 3.05) is 13.1 Å². The summed E-state index contributed by atoms with van der Waals surface area (Å²) in [5.74, 6) is 0. The maximum Gasteiger partial charge on any atom is 0.316 e. The molecule has 0 atom stereocenters. The van der Waals surface area contributed by atoms with E-state index in [9.17, 15) is 0 Å². The van der Waals surface area contributed by atoms with Gasteiger partial charge in [-0.1, -0.05) is 20.4 Å². The fourth-order valence-electron chi connectivity index (χ4n) is 0.757. The van der Waals surface area contributed by atoms with E-state index >= 15 is 0 Å². The fourth-order valence-corrected chi connectivity index (χ4v) is 0.757. The number of hydrogen-bond acceptors (Lipinski definition) is 3. The third-order valence-electron chi connectivity index (χ3n) is 1.44. The van der Waals surface area contributed by atoms with Crippen LogP contribution in [-0.4, -0.2) is 31.9 Å². The number of amidine groups is 1. The number of hydrogen-bond donors (Lipinski definition) is 1. The molecule has 1 fully saturated rings. The molecule has 4 heteroatoms. The highest BCUT2D eigenvalue weighted by atomic mass is 16.5. The molecule has 1 aliphatic rings. The smallest absolute Gasteiger partial charge is 0.316 e. The molecule has 0 spiro atoms. The Morgan fingerprint density at radius 1 is 1.43 bits per heavy atom. The predicted octanol–water partition coefficient (Wildman–Crippen LogP) is 1.59. The SMILES string of the molecule is C=NC(=NC(=C)C)OC1CNC1.CC. The summed E-state index contributed by atoms with van der Waals surface area (Å²) < 4.78 is 5.34. The summed E-state index contributed by atoms with van der Waals surface area (Å²) in [6.07, 6.45) is 0.189. The second-order valence-corrected chi connectivity index (χ2v) is 2.69. The third-order valence-corrected chi connectivity index (χ3v) is 1.44. The monoisotopic (exact) mass is 197 g/mol. The highest BCUT2D eigenvalue weighted by molar-refractivity contribution is 5.79. The van der Waals surface area contributed by atoms with Crippen LogP contribution in [0.1, 0.15) is 20.8 Å². The zero-order valence-corrected chi connectivity index (χ0v) is 9.21. The largest absolute Gasteiger partial charge is 0.457 e. The van der Waals surface area contributed by atoms with Crippen LogP contribution in [0, 0.1) is 0 Å². The number of allylic oxidation sites excluding steroid dienone is 1. The topological polar surface area (TPSA) is 46.0 Å². The zero-order chi connectivity index (χ0) is 11.0. The van der Waals surface area contributed by atoms with Crippen molar-refractivity contribution in [3.8, 4) is 0 Å². The first-order valence-electron chi connectivity index (χ1n) is 4.80. The number of nitrogens with zero attached hydrogens (tertiary/aromatic N) is 2. The van der Waals surface area contributed by atoms with Crippen LogP contribution in [0.15, 0.2) is 22.3 Å². The molecule has 1 saturated heterocycles. The molecule has 0 aromatic rings. The standard InChI is InChI=1S/C8H13N3O.C2H6/c1-6(2)11-8(9-3)12-7-4-10-5-7;1-2/h7,10H,1,3-5H2,2H3;1-2H3. The molecule has 0 amide bonds. The van der Waals surface area contributed by atoms with Crippen LogP contribution in [-0.2, 0) is 4.74 Å². The van der Waals surface area contributed by atoms with Gasteiger partial charge in [-0.15, -0.1) is 0 Å². The van der Waals surface area contributed by atoms with Crippen LogP contribution in [0.3, 0.4) is 0 Å². The first kappa shape index (κ1) is 12.8. The van der Waals surface area contributed by atoms with Gasteiger partial charge in [0, 0.05) is 18.8 Å². The van der Waals surface area contributed by atoms with Crippen LogP contribution in [0.2, 0.25) is 0 Å². The second-order valence-electron chi connectivity index (χ2n) is 2.69. The van der Waals surface area contributed by atoms with E-state index in [-0.39, 0.29) is 6.10 Å². The Balaban J connectivity index is 0.000000791. The van der Waals surface area contributed by atoms with Gasteiger partial charge in [0.1, 0.15) is 6.10 Å². The summed E-state index contributed by atoms with van der Waals surface area (Å²) in [5.41, 5.74) is 0.671. The van der Waals surface area contributed by atoms with Crippen molar-refractivity contribution in [1.29, 1.82) is 0 Å². The van der Waals surface area contributed by atoms with E-state index in [2.05, 4.69) is 28.6 Å². The highest BCUT2D eigenvalue weighted by Crippen LogP contribution is 2.02. The van der Waals surface area contributed by atoms with Gasteiger partial charge >= 0.3 is 6.02 Å². The summed E-state index contributed by atoms with van der Waals surface area (Å²) in [5, 5.41) is 3.08. The number of rotatable bonds is 2. The Bertz CT molecular complexity index is 219. The molecule has 0 unspecified atom stereocenters. The Labute approximate surface area is 85.8 Å². The lowest BCUT2D eigenvalue weighted by atomic mass is 10.2. The van der Waals surface area contributed by atoms with Gasteiger partial charge < -0.3 is 10.1 Å². The molecule has 1 N–H and O–H groups in total. The Morgan fingerprint density at radius 2 is 2.00 bits per heavy atom. The first-order valence-corrected chi connectivity index (χ1v) is 4.80. The van der Waals surface area contributed by atoms with Crippen LogP contribution >= 0.6 is 0 Å². The van der Waals surface area contributed by atoms with Crippen molar-refractivity contribution in [2.24, 2.45) is 9.98 Å². The normalized spacial score (nSPS) is 16.1. The molecule has 0 saturated carbocycles. The molecule has 0 radical (unpaired) electrons. The third kappa shape index (κ3) is 4.77. The maximum absolute atomic E-state index is 5.34. The molecule has 4 nitrogen and oxygen atoms in total. The van der Waals surface area contributed by atoms with E-state index in [4.69, 9.17) is 4.74 Å². The van der Waals surface area contributed by atoms with E-state index in [0.29, 0.717) is 11.7 Å². The second kappa shape index (κ2) is 7.26. The Hall–Kier alpha value is -1.16. The summed E-state index contributed by atoms with van der Waals surface area (Å²) in [6.45, 7) is 14.5. The number of nitrogens with one attached hydrogen (secondary N) is 1. The molecular weight excluding hydrogens is 178 g/mol. The first-order chi connectivity index (χ1) is 6.72. The van der Waals surface area contributed by atoms with Crippen LogP contribution < -0.4 is 5.32 Å². The molecule has 14 heavy (non-hydrogen) atoms. The van der Waals surface area contributed by atoms with Gasteiger partial charge in [0.05, 0.1) is 0 Å². The lowest BCUT2D eigenvalue weighted by Gasteiger charge is -2.26. The predicted molar refractivity (Wildman–Crippen MR) is 60.9 cm³/mol. The molecule has 0 bridgehead atoms. The van der Waals surface area contributed by atoms with Gasteiger partial charge in [0.15, 0.2) is 0 Å². The van der Waals surface area contributed by atoms with Crippen molar-refractivity contribution in [3.05, 3.63) is 12.3 Å². The fraction of sp³-hybridized carbons (Fsp3) is 0.600. The van der Waals surface area contributed by atoms with Gasteiger partial charge in [-0.2, -0.15) is 0 Å². The summed E-state index contributed by atoms with van der Waals surface area (Å²) in [7, 11) is 0. The van der Waals surface area contributed by atoms with Crippen molar-refractivity contribution < 1.29 is 4.74 Å².